The van der Waals surface area contributed by atoms with Crippen LogP contribution in [0.25, 0.3) is 11.0 Å². The Morgan fingerprint density at radius 2 is 1.90 bits per heavy atom. The van der Waals surface area contributed by atoms with Crippen LogP contribution in [-0.2, 0) is 9.84 Å². The lowest BCUT2D eigenvalue weighted by Crippen LogP contribution is -2.07. The Morgan fingerprint density at radius 1 is 1.17 bits per heavy atom. The van der Waals surface area contributed by atoms with Crippen LogP contribution >= 0.6 is 11.8 Å². The third-order valence-electron chi connectivity index (χ3n) is 6.14. The van der Waals surface area contributed by atoms with Gasteiger partial charge in [-0.05, 0) is 48.4 Å². The third kappa shape index (κ3) is 4.38. The minimum absolute atomic E-state index is 0.0869. The molecule has 2 heterocycles. The number of H-pyrrole nitrogens is 1. The first kappa shape index (κ1) is 20.5. The van der Waals surface area contributed by atoms with E-state index in [1.165, 1.54) is 42.3 Å². The van der Waals surface area contributed by atoms with Gasteiger partial charge in [-0.25, -0.2) is 13.4 Å². The van der Waals surface area contributed by atoms with Gasteiger partial charge >= 0.3 is 0 Å². The van der Waals surface area contributed by atoms with Crippen molar-refractivity contribution in [1.82, 2.24) is 9.97 Å². The molecule has 0 amide bonds. The highest BCUT2D eigenvalue weighted by Gasteiger charge is 2.24. The number of sulfone groups is 1. The van der Waals surface area contributed by atoms with Gasteiger partial charge in [-0.3, -0.25) is 0 Å². The summed E-state index contributed by atoms with van der Waals surface area (Å²) < 4.78 is 24.5. The number of benzene rings is 1. The maximum Gasteiger partial charge on any atom is 0.179 e. The molecule has 4 nitrogen and oxygen atoms in total. The molecule has 154 valence electrons. The second kappa shape index (κ2) is 8.52. The van der Waals surface area contributed by atoms with E-state index >= 15 is 0 Å². The Labute approximate surface area is 177 Å². The average molecular weight is 429 g/mol. The van der Waals surface area contributed by atoms with Gasteiger partial charge < -0.3 is 4.98 Å². The number of nitrogens with one attached hydrogen (secondary N) is 1. The number of hydrogen-bond donors (Lipinski definition) is 1. The summed E-state index contributed by atoms with van der Waals surface area (Å²) in [4.78, 5) is 9.46. The predicted octanol–water partition coefficient (Wildman–Crippen LogP) is 5.79. The average Bonchev–Trinajstić information content (AvgIpc) is 3.41. The summed E-state index contributed by atoms with van der Waals surface area (Å²) in [5.41, 5.74) is 3.19. The standard InChI is InChI=1S/C23H28N2O2S2/c1-3-29(26,27)20-13-18-14-22(25-23(18)24-15-20)21(12-16-6-4-5-7-16)17-8-10-19(28-2)11-9-17/h8-11,13-16,21H,3-7,12H2,1-2H3,(H,24,25). The van der Waals surface area contributed by atoms with Crippen LogP contribution in [0.2, 0.25) is 0 Å². The Balaban J connectivity index is 1.73. The number of thioether (sulfide) groups is 1. The molecule has 1 N–H and O–H groups in total. The Morgan fingerprint density at radius 3 is 2.55 bits per heavy atom. The topological polar surface area (TPSA) is 62.8 Å². The lowest BCUT2D eigenvalue weighted by molar-refractivity contribution is 0.469. The molecule has 1 atom stereocenters. The van der Waals surface area contributed by atoms with Crippen LogP contribution in [0.15, 0.2) is 52.4 Å². The summed E-state index contributed by atoms with van der Waals surface area (Å²) in [6.07, 6.45) is 9.95. The molecule has 6 heteroatoms. The highest BCUT2D eigenvalue weighted by Crippen LogP contribution is 2.38. The van der Waals surface area contributed by atoms with Crippen LogP contribution in [-0.4, -0.2) is 30.4 Å². The Kier molecular flexibility index (Phi) is 6.02. The van der Waals surface area contributed by atoms with Gasteiger partial charge in [0.25, 0.3) is 0 Å². The second-order valence-corrected chi connectivity index (χ2v) is 11.1. The summed E-state index contributed by atoms with van der Waals surface area (Å²) >= 11 is 1.75. The lowest BCUT2D eigenvalue weighted by atomic mass is 9.86. The fraction of sp³-hybridized carbons (Fsp3) is 0.435. The monoisotopic (exact) mass is 428 g/mol. The molecular weight excluding hydrogens is 400 g/mol. The van der Waals surface area contributed by atoms with Gasteiger partial charge in [0.15, 0.2) is 9.84 Å². The smallest absolute Gasteiger partial charge is 0.179 e. The largest absolute Gasteiger partial charge is 0.343 e. The molecule has 3 aromatic rings. The van der Waals surface area contributed by atoms with E-state index in [4.69, 9.17) is 0 Å². The molecule has 29 heavy (non-hydrogen) atoms. The molecule has 0 spiro atoms. The maximum atomic E-state index is 12.2. The highest BCUT2D eigenvalue weighted by molar-refractivity contribution is 7.98. The van der Waals surface area contributed by atoms with Gasteiger partial charge in [0.05, 0.1) is 10.6 Å². The Hall–Kier alpha value is -1.79. The van der Waals surface area contributed by atoms with Crippen molar-refractivity contribution in [2.45, 2.75) is 54.7 Å². The SMILES string of the molecule is CCS(=O)(=O)c1cnc2[nH]c(C(CC3CCCC3)c3ccc(SC)cc3)cc2c1. The van der Waals surface area contributed by atoms with Crippen molar-refractivity contribution < 1.29 is 8.42 Å². The van der Waals surface area contributed by atoms with Gasteiger partial charge in [0, 0.05) is 28.1 Å². The van der Waals surface area contributed by atoms with Gasteiger partial charge in [-0.15, -0.1) is 11.8 Å². The number of aromatic amines is 1. The number of nitrogens with zero attached hydrogens (tertiary/aromatic N) is 1. The van der Waals surface area contributed by atoms with Crippen LogP contribution in [0.1, 0.15) is 56.2 Å². The van der Waals surface area contributed by atoms with Crippen molar-refractivity contribution in [3.63, 3.8) is 0 Å². The minimum Gasteiger partial charge on any atom is -0.343 e. The summed E-state index contributed by atoms with van der Waals surface area (Å²) in [5.74, 6) is 1.11. The van der Waals surface area contributed by atoms with E-state index in [9.17, 15) is 8.42 Å². The maximum absolute atomic E-state index is 12.2. The van der Waals surface area contributed by atoms with E-state index in [2.05, 4.69) is 46.6 Å². The van der Waals surface area contributed by atoms with E-state index in [1.54, 1.807) is 24.8 Å². The molecule has 1 aliphatic carbocycles. The van der Waals surface area contributed by atoms with Crippen molar-refractivity contribution in [2.75, 3.05) is 12.0 Å². The van der Waals surface area contributed by atoms with Crippen LogP contribution in [0.4, 0.5) is 0 Å². The summed E-state index contributed by atoms with van der Waals surface area (Å²) in [6, 6.07) is 12.7. The minimum atomic E-state index is -3.26. The summed E-state index contributed by atoms with van der Waals surface area (Å²) in [6.45, 7) is 1.66. The van der Waals surface area contributed by atoms with E-state index in [0.29, 0.717) is 4.90 Å². The first-order chi connectivity index (χ1) is 14.0. The van der Waals surface area contributed by atoms with Crippen molar-refractivity contribution in [1.29, 1.82) is 0 Å². The number of fused-ring (bicyclic) bond motifs is 1. The summed E-state index contributed by atoms with van der Waals surface area (Å²) in [5, 5.41) is 0.867. The predicted molar refractivity (Wildman–Crippen MR) is 120 cm³/mol. The van der Waals surface area contributed by atoms with Gasteiger partial charge in [-0.1, -0.05) is 44.7 Å². The highest BCUT2D eigenvalue weighted by atomic mass is 32.2. The molecule has 0 aliphatic heterocycles. The Bertz CT molecular complexity index is 1080. The van der Waals surface area contributed by atoms with Gasteiger partial charge in [0.1, 0.15) is 5.65 Å². The van der Waals surface area contributed by atoms with Crippen LogP contribution in [0.5, 0.6) is 0 Å². The number of hydrogen-bond acceptors (Lipinski definition) is 4. The zero-order valence-corrected chi connectivity index (χ0v) is 18.7. The zero-order valence-electron chi connectivity index (χ0n) is 17.0. The molecule has 1 aromatic carbocycles. The molecule has 0 saturated heterocycles. The molecule has 1 fully saturated rings. The van der Waals surface area contributed by atoms with Crippen LogP contribution < -0.4 is 0 Å². The number of rotatable bonds is 7. The van der Waals surface area contributed by atoms with Crippen molar-refractivity contribution in [3.8, 4) is 0 Å². The van der Waals surface area contributed by atoms with E-state index in [1.807, 2.05) is 0 Å². The van der Waals surface area contributed by atoms with Gasteiger partial charge in [-0.2, -0.15) is 0 Å². The normalized spacial score (nSPS) is 16.5. The fourth-order valence-electron chi connectivity index (χ4n) is 4.40. The van der Waals surface area contributed by atoms with Crippen molar-refractivity contribution in [2.24, 2.45) is 5.92 Å². The van der Waals surface area contributed by atoms with E-state index in [0.717, 1.165) is 29.1 Å². The fourth-order valence-corrected chi connectivity index (χ4v) is 5.66. The molecule has 0 radical (unpaired) electrons. The summed E-state index contributed by atoms with van der Waals surface area (Å²) in [7, 11) is -3.26. The molecule has 1 unspecified atom stereocenters. The quantitative estimate of drug-likeness (QED) is 0.484. The first-order valence-corrected chi connectivity index (χ1v) is 13.2. The zero-order chi connectivity index (χ0) is 20.4. The second-order valence-electron chi connectivity index (χ2n) is 7.95. The molecular formula is C23H28N2O2S2. The first-order valence-electron chi connectivity index (χ1n) is 10.4. The number of aromatic nitrogens is 2. The molecule has 1 aliphatic rings. The molecule has 2 aromatic heterocycles. The van der Waals surface area contributed by atoms with Gasteiger partial charge in [0.2, 0.25) is 0 Å². The van der Waals surface area contributed by atoms with Crippen LogP contribution in [0.3, 0.4) is 0 Å². The van der Waals surface area contributed by atoms with Crippen LogP contribution in [0, 0.1) is 5.92 Å². The van der Waals surface area contributed by atoms with Crippen molar-refractivity contribution in [3.05, 3.63) is 53.9 Å². The third-order valence-corrected chi connectivity index (χ3v) is 8.59. The molecule has 4 rings (SSSR count). The van der Waals surface area contributed by atoms with E-state index in [-0.39, 0.29) is 11.7 Å². The number of pyridine rings is 1. The van der Waals surface area contributed by atoms with Crippen molar-refractivity contribution >= 4 is 32.6 Å². The molecule has 0 bridgehead atoms. The molecule has 1 saturated carbocycles. The van der Waals surface area contributed by atoms with E-state index < -0.39 is 9.84 Å². The lowest BCUT2D eigenvalue weighted by Gasteiger charge is -2.20.